The van der Waals surface area contributed by atoms with Crippen molar-refractivity contribution in [1.82, 2.24) is 0 Å². The third-order valence-corrected chi connectivity index (χ3v) is 7.71. The van der Waals surface area contributed by atoms with Crippen molar-refractivity contribution >= 4 is 7.94 Å². The zero-order valence-corrected chi connectivity index (χ0v) is 19.0. The fourth-order valence-electron chi connectivity index (χ4n) is 2.83. The second-order valence-corrected chi connectivity index (χ2v) is 11.1. The molecule has 0 N–H and O–H groups in total. The van der Waals surface area contributed by atoms with Crippen LogP contribution in [0, 0.1) is 20.8 Å². The molecular formula is C25H30O3P+. The molecule has 3 aromatic rings. The summed E-state index contributed by atoms with van der Waals surface area (Å²) < 4.78 is 20.0. The molecule has 3 nitrogen and oxygen atoms in total. The van der Waals surface area contributed by atoms with E-state index >= 15 is 0 Å². The maximum Gasteiger partial charge on any atom is 0.547 e. The maximum atomic E-state index is 6.68. The Balaban J connectivity index is 2.14. The van der Waals surface area contributed by atoms with Gasteiger partial charge in [-0.25, -0.2) is 0 Å². The normalized spacial score (nSPS) is 11.8. The van der Waals surface area contributed by atoms with Crippen LogP contribution in [-0.2, 0) is 0 Å². The summed E-state index contributed by atoms with van der Waals surface area (Å²) in [5, 5.41) is -0.403. The van der Waals surface area contributed by atoms with E-state index in [1.54, 1.807) is 0 Å². The topological polar surface area (TPSA) is 27.7 Å². The van der Waals surface area contributed by atoms with Crippen molar-refractivity contribution in [2.24, 2.45) is 0 Å². The van der Waals surface area contributed by atoms with Crippen LogP contribution in [0.15, 0.2) is 72.8 Å². The summed E-state index contributed by atoms with van der Waals surface area (Å²) in [7, 11) is -2.93. The first kappa shape index (κ1) is 21.2. The molecular weight excluding hydrogens is 379 g/mol. The number of rotatable bonds is 6. The zero-order chi connectivity index (χ0) is 21.1. The molecule has 152 valence electrons. The van der Waals surface area contributed by atoms with E-state index < -0.39 is 13.1 Å². The second-order valence-electron chi connectivity index (χ2n) is 8.24. The van der Waals surface area contributed by atoms with E-state index in [4.69, 9.17) is 13.6 Å². The second kappa shape index (κ2) is 8.47. The van der Waals surface area contributed by atoms with Gasteiger partial charge in [-0.15, -0.1) is 0 Å². The van der Waals surface area contributed by atoms with Gasteiger partial charge in [0.15, 0.2) is 22.4 Å². The van der Waals surface area contributed by atoms with Gasteiger partial charge in [0.1, 0.15) is 0 Å². The van der Waals surface area contributed by atoms with E-state index in [-0.39, 0.29) is 0 Å². The van der Waals surface area contributed by atoms with Gasteiger partial charge in [-0.05, 0) is 76.4 Å². The summed E-state index contributed by atoms with van der Waals surface area (Å²) in [6.07, 6.45) is 0. The summed E-state index contributed by atoms with van der Waals surface area (Å²) in [6.45, 7) is 12.4. The monoisotopic (exact) mass is 409 g/mol. The molecule has 0 atom stereocenters. The maximum absolute atomic E-state index is 6.68. The average molecular weight is 409 g/mol. The molecule has 0 heterocycles. The fourth-order valence-corrected chi connectivity index (χ4v) is 5.16. The van der Waals surface area contributed by atoms with Crippen LogP contribution in [0.25, 0.3) is 0 Å². The van der Waals surface area contributed by atoms with Gasteiger partial charge >= 0.3 is 7.94 Å². The molecule has 3 rings (SSSR count). The van der Waals surface area contributed by atoms with Crippen LogP contribution in [0.4, 0.5) is 0 Å². The van der Waals surface area contributed by atoms with Gasteiger partial charge < -0.3 is 0 Å². The van der Waals surface area contributed by atoms with E-state index in [1.165, 1.54) is 0 Å². The van der Waals surface area contributed by atoms with Crippen LogP contribution in [0.1, 0.15) is 37.5 Å². The highest BCUT2D eigenvalue weighted by molar-refractivity contribution is 7.64. The van der Waals surface area contributed by atoms with Crippen molar-refractivity contribution in [2.75, 3.05) is 0 Å². The van der Waals surface area contributed by atoms with E-state index in [2.05, 4.69) is 20.8 Å². The average Bonchev–Trinajstić information content (AvgIpc) is 2.66. The molecule has 0 saturated carbocycles. The standard InChI is InChI=1S/C25H30O3P/c1-19-13-7-10-16-22(19)26-29(25(4,5)6,27-23-17-11-8-14-20(23)2)28-24-18-12-9-15-21(24)3/h7-18H,1-6H3/q+1. The van der Waals surface area contributed by atoms with Crippen LogP contribution in [0.3, 0.4) is 0 Å². The third-order valence-electron chi connectivity index (χ3n) is 4.76. The number of hydrogen-bond donors (Lipinski definition) is 0. The molecule has 0 radical (unpaired) electrons. The lowest BCUT2D eigenvalue weighted by Gasteiger charge is -2.32. The Kier molecular flexibility index (Phi) is 6.19. The first-order chi connectivity index (χ1) is 13.7. The summed E-state index contributed by atoms with van der Waals surface area (Å²) in [4.78, 5) is 0. The molecule has 29 heavy (non-hydrogen) atoms. The molecule has 0 amide bonds. The molecule has 0 bridgehead atoms. The number of aryl methyl sites for hydroxylation is 3. The predicted molar refractivity (Wildman–Crippen MR) is 122 cm³/mol. The van der Waals surface area contributed by atoms with Crippen LogP contribution in [0.5, 0.6) is 17.2 Å². The highest BCUT2D eigenvalue weighted by Gasteiger charge is 2.62. The Morgan fingerprint density at radius 3 is 1.03 bits per heavy atom. The molecule has 0 aliphatic carbocycles. The molecule has 0 unspecified atom stereocenters. The Bertz CT molecular complexity index is 860. The Hall–Kier alpha value is -2.51. The highest BCUT2D eigenvalue weighted by atomic mass is 31.2. The fraction of sp³-hybridized carbons (Fsp3) is 0.280. The summed E-state index contributed by atoms with van der Waals surface area (Å²) in [6, 6.07) is 24.0. The van der Waals surface area contributed by atoms with Crippen LogP contribution in [0.2, 0.25) is 0 Å². The van der Waals surface area contributed by atoms with Crippen molar-refractivity contribution < 1.29 is 13.6 Å². The summed E-state index contributed by atoms with van der Waals surface area (Å²) >= 11 is 0. The van der Waals surface area contributed by atoms with Crippen molar-refractivity contribution in [3.8, 4) is 17.2 Å². The Labute approximate surface area is 175 Å². The lowest BCUT2D eigenvalue weighted by atomic mass is 10.2. The van der Waals surface area contributed by atoms with Crippen molar-refractivity contribution in [3.63, 3.8) is 0 Å². The van der Waals surface area contributed by atoms with Crippen LogP contribution in [-0.4, -0.2) is 5.16 Å². The van der Waals surface area contributed by atoms with Gasteiger partial charge in [0.25, 0.3) is 0 Å². The first-order valence-electron chi connectivity index (χ1n) is 9.87. The Morgan fingerprint density at radius 1 is 0.517 bits per heavy atom. The molecule has 0 spiro atoms. The van der Waals surface area contributed by atoms with Crippen molar-refractivity contribution in [2.45, 2.75) is 46.7 Å². The minimum absolute atomic E-state index is 0.403. The van der Waals surface area contributed by atoms with Crippen molar-refractivity contribution in [1.29, 1.82) is 0 Å². The van der Waals surface area contributed by atoms with E-state index in [9.17, 15) is 0 Å². The van der Waals surface area contributed by atoms with Gasteiger partial charge in [-0.2, -0.15) is 0 Å². The van der Waals surface area contributed by atoms with E-state index in [0.29, 0.717) is 0 Å². The molecule has 3 aromatic carbocycles. The minimum atomic E-state index is -2.93. The molecule has 0 fully saturated rings. The summed E-state index contributed by atoms with van der Waals surface area (Å²) in [5.41, 5.74) is 3.13. The highest BCUT2D eigenvalue weighted by Crippen LogP contribution is 2.69. The van der Waals surface area contributed by atoms with E-state index in [1.807, 2.05) is 93.6 Å². The number of benzene rings is 3. The molecule has 0 aromatic heterocycles. The molecule has 4 heteroatoms. The summed E-state index contributed by atoms with van der Waals surface area (Å²) in [5.74, 6) is 2.33. The van der Waals surface area contributed by atoms with Gasteiger partial charge in [0.2, 0.25) is 0 Å². The largest absolute Gasteiger partial charge is 0.547 e. The lowest BCUT2D eigenvalue weighted by Crippen LogP contribution is -2.32. The van der Waals surface area contributed by atoms with Gasteiger partial charge in [-0.3, -0.25) is 13.6 Å². The van der Waals surface area contributed by atoms with Crippen LogP contribution < -0.4 is 13.6 Å². The van der Waals surface area contributed by atoms with Crippen molar-refractivity contribution in [3.05, 3.63) is 89.5 Å². The number of hydrogen-bond acceptors (Lipinski definition) is 3. The van der Waals surface area contributed by atoms with E-state index in [0.717, 1.165) is 33.9 Å². The molecule has 0 aliphatic rings. The quantitative estimate of drug-likeness (QED) is 0.390. The SMILES string of the molecule is Cc1ccccc1O[P+](Oc1ccccc1C)(Oc1ccccc1C)C(C)(C)C. The lowest BCUT2D eigenvalue weighted by molar-refractivity contribution is 0.320. The molecule has 0 aliphatic heterocycles. The smallest absolute Gasteiger partial charge is 0.271 e. The zero-order valence-electron chi connectivity index (χ0n) is 18.1. The Morgan fingerprint density at radius 2 is 0.793 bits per heavy atom. The minimum Gasteiger partial charge on any atom is -0.271 e. The molecule has 0 saturated heterocycles. The third kappa shape index (κ3) is 4.74. The number of para-hydroxylation sites is 3. The van der Waals surface area contributed by atoms with Gasteiger partial charge in [0.05, 0.1) is 0 Å². The first-order valence-corrected chi connectivity index (χ1v) is 11.4. The van der Waals surface area contributed by atoms with Crippen LogP contribution >= 0.6 is 7.94 Å². The van der Waals surface area contributed by atoms with Gasteiger partial charge in [0, 0.05) is 0 Å². The van der Waals surface area contributed by atoms with Gasteiger partial charge in [-0.1, -0.05) is 54.6 Å². The predicted octanol–water partition coefficient (Wildman–Crippen LogP) is 7.71.